The van der Waals surface area contributed by atoms with Gasteiger partial charge in [-0.2, -0.15) is 12.6 Å². The third-order valence-corrected chi connectivity index (χ3v) is 2.53. The number of nitrogens with one attached hydrogen (secondary N) is 1. The van der Waals surface area contributed by atoms with Gasteiger partial charge < -0.3 is 4.90 Å². The lowest BCUT2D eigenvalue weighted by molar-refractivity contribution is -0.121. The molecule has 4 nitrogen and oxygen atoms in total. The minimum atomic E-state index is -0.361. The van der Waals surface area contributed by atoms with Gasteiger partial charge in [-0.1, -0.05) is 0 Å². The lowest BCUT2D eigenvalue weighted by Crippen LogP contribution is -2.41. The van der Waals surface area contributed by atoms with Crippen molar-refractivity contribution in [2.75, 3.05) is 5.75 Å². The fourth-order valence-electron chi connectivity index (χ4n) is 1.25. The summed E-state index contributed by atoms with van der Waals surface area (Å²) in [4.78, 5) is 23.7. The molecule has 1 rings (SSSR count). The fourth-order valence-corrected chi connectivity index (χ4v) is 1.42. The first-order valence-corrected chi connectivity index (χ1v) is 4.45. The van der Waals surface area contributed by atoms with E-state index in [2.05, 4.69) is 17.9 Å². The van der Waals surface area contributed by atoms with Crippen LogP contribution >= 0.6 is 12.6 Å². The number of carbonyl (C=O) groups excluding carboxylic acids is 2. The van der Waals surface area contributed by atoms with Crippen molar-refractivity contribution in [3.63, 3.8) is 0 Å². The normalized spacial score (nSPS) is 25.9. The van der Waals surface area contributed by atoms with Crippen LogP contribution in [0, 0.1) is 0 Å². The van der Waals surface area contributed by atoms with Crippen molar-refractivity contribution in [2.24, 2.45) is 0 Å². The van der Waals surface area contributed by atoms with Gasteiger partial charge in [0.15, 0.2) is 0 Å². The second-order valence-electron chi connectivity index (χ2n) is 2.91. The van der Waals surface area contributed by atoms with E-state index in [-0.39, 0.29) is 24.0 Å². The van der Waals surface area contributed by atoms with Crippen LogP contribution < -0.4 is 5.32 Å². The zero-order chi connectivity index (χ0) is 9.30. The van der Waals surface area contributed by atoms with E-state index < -0.39 is 0 Å². The summed E-state index contributed by atoms with van der Waals surface area (Å²) in [7, 11) is 0. The van der Waals surface area contributed by atoms with Crippen molar-refractivity contribution in [1.29, 1.82) is 0 Å². The van der Waals surface area contributed by atoms with Gasteiger partial charge in [0, 0.05) is 11.8 Å². The van der Waals surface area contributed by atoms with E-state index in [4.69, 9.17) is 0 Å². The van der Waals surface area contributed by atoms with Crippen LogP contribution in [0.3, 0.4) is 0 Å². The third kappa shape index (κ3) is 1.41. The van der Waals surface area contributed by atoms with Crippen molar-refractivity contribution in [2.45, 2.75) is 25.9 Å². The smallest absolute Gasteiger partial charge is 0.309 e. The van der Waals surface area contributed by atoms with Gasteiger partial charge in [0.2, 0.25) is 0 Å². The first-order chi connectivity index (χ1) is 5.57. The van der Waals surface area contributed by atoms with Crippen LogP contribution in [-0.4, -0.2) is 34.7 Å². The van der Waals surface area contributed by atoms with Crippen LogP contribution in [0.5, 0.6) is 0 Å². The van der Waals surface area contributed by atoms with Gasteiger partial charge in [0.1, 0.15) is 6.04 Å². The summed E-state index contributed by atoms with van der Waals surface area (Å²) in [5.74, 6) is 0.332. The average molecular weight is 188 g/mol. The topological polar surface area (TPSA) is 49.4 Å². The SMILES string of the molecule is CC(CS)N1C(=O)NC(=O)[C@@H]1C. The molecule has 0 aliphatic carbocycles. The summed E-state index contributed by atoms with van der Waals surface area (Å²) in [6.07, 6.45) is 0. The first kappa shape index (κ1) is 9.38. The van der Waals surface area contributed by atoms with Gasteiger partial charge in [0.05, 0.1) is 0 Å². The molecule has 0 saturated carbocycles. The number of amides is 3. The zero-order valence-electron chi connectivity index (χ0n) is 7.07. The Morgan fingerprint density at radius 3 is 2.58 bits per heavy atom. The maximum absolute atomic E-state index is 11.2. The molecule has 1 fully saturated rings. The Labute approximate surface area is 76.7 Å². The molecule has 0 aromatic carbocycles. The molecule has 3 amide bonds. The van der Waals surface area contributed by atoms with Gasteiger partial charge in [-0.15, -0.1) is 0 Å². The molecule has 0 radical (unpaired) electrons. The number of urea groups is 1. The predicted molar refractivity (Wildman–Crippen MR) is 48.2 cm³/mol. The quantitative estimate of drug-likeness (QED) is 0.482. The first-order valence-electron chi connectivity index (χ1n) is 3.82. The Bertz CT molecular complexity index is 219. The van der Waals surface area contributed by atoms with E-state index in [9.17, 15) is 9.59 Å². The van der Waals surface area contributed by atoms with Crippen LogP contribution in [0.25, 0.3) is 0 Å². The summed E-state index contributed by atoms with van der Waals surface area (Å²) >= 11 is 4.07. The molecule has 1 N–H and O–H groups in total. The summed E-state index contributed by atoms with van der Waals surface area (Å²) < 4.78 is 0. The van der Waals surface area contributed by atoms with Crippen molar-refractivity contribution in [3.8, 4) is 0 Å². The van der Waals surface area contributed by atoms with Gasteiger partial charge in [-0.05, 0) is 13.8 Å². The van der Waals surface area contributed by atoms with Crippen molar-refractivity contribution in [1.82, 2.24) is 10.2 Å². The Morgan fingerprint density at radius 1 is 1.67 bits per heavy atom. The summed E-state index contributed by atoms with van der Waals surface area (Å²) in [6.45, 7) is 3.57. The van der Waals surface area contributed by atoms with E-state index >= 15 is 0 Å². The lowest BCUT2D eigenvalue weighted by Gasteiger charge is -2.24. The van der Waals surface area contributed by atoms with E-state index in [1.54, 1.807) is 6.92 Å². The van der Waals surface area contributed by atoms with Gasteiger partial charge in [0.25, 0.3) is 5.91 Å². The number of carbonyl (C=O) groups is 2. The number of nitrogens with zero attached hydrogens (tertiary/aromatic N) is 1. The van der Waals surface area contributed by atoms with Crippen LogP contribution in [0.1, 0.15) is 13.8 Å². The standard InChI is InChI=1S/C7H12N2O2S/c1-4(3-12)9-5(2)6(10)8-7(9)11/h4-5,12H,3H2,1-2H3,(H,8,10,11)/t4?,5-/m0/s1. The van der Waals surface area contributed by atoms with Crippen molar-refractivity contribution < 1.29 is 9.59 Å². The molecule has 0 spiro atoms. The van der Waals surface area contributed by atoms with E-state index in [1.165, 1.54) is 4.90 Å². The van der Waals surface area contributed by atoms with Crippen LogP contribution in [-0.2, 0) is 4.79 Å². The van der Waals surface area contributed by atoms with Crippen LogP contribution in [0.2, 0.25) is 0 Å². The highest BCUT2D eigenvalue weighted by Crippen LogP contribution is 2.12. The van der Waals surface area contributed by atoms with E-state index in [0.717, 1.165) is 0 Å². The van der Waals surface area contributed by atoms with Crippen molar-refractivity contribution >= 4 is 24.6 Å². The number of hydrogen-bond donors (Lipinski definition) is 2. The average Bonchev–Trinajstić information content (AvgIpc) is 2.26. The minimum absolute atomic E-state index is 0.00483. The molecule has 1 aliphatic rings. The molecule has 0 aromatic rings. The second-order valence-corrected chi connectivity index (χ2v) is 3.27. The maximum Gasteiger partial charge on any atom is 0.325 e. The Morgan fingerprint density at radius 2 is 2.25 bits per heavy atom. The Balaban J connectivity index is 2.76. The van der Waals surface area contributed by atoms with Crippen molar-refractivity contribution in [3.05, 3.63) is 0 Å². The number of hydrogen-bond acceptors (Lipinski definition) is 3. The number of imide groups is 1. The van der Waals surface area contributed by atoms with Gasteiger partial charge >= 0.3 is 6.03 Å². The molecule has 12 heavy (non-hydrogen) atoms. The largest absolute Gasteiger partial charge is 0.325 e. The highest BCUT2D eigenvalue weighted by atomic mass is 32.1. The minimum Gasteiger partial charge on any atom is -0.309 e. The summed E-state index contributed by atoms with van der Waals surface area (Å²) in [5.41, 5.74) is 0. The number of rotatable bonds is 2. The van der Waals surface area contributed by atoms with Gasteiger partial charge in [-0.3, -0.25) is 10.1 Å². The Kier molecular flexibility index (Phi) is 2.62. The third-order valence-electron chi connectivity index (χ3n) is 2.00. The molecular weight excluding hydrogens is 176 g/mol. The molecule has 2 atom stereocenters. The molecule has 5 heteroatoms. The molecule has 1 heterocycles. The molecule has 0 bridgehead atoms. The summed E-state index contributed by atoms with van der Waals surface area (Å²) in [6, 6.07) is -0.677. The molecule has 0 aromatic heterocycles. The molecule has 1 saturated heterocycles. The lowest BCUT2D eigenvalue weighted by atomic mass is 10.2. The monoisotopic (exact) mass is 188 g/mol. The van der Waals surface area contributed by atoms with Gasteiger partial charge in [-0.25, -0.2) is 4.79 Å². The highest BCUT2D eigenvalue weighted by molar-refractivity contribution is 7.80. The highest BCUT2D eigenvalue weighted by Gasteiger charge is 2.37. The zero-order valence-corrected chi connectivity index (χ0v) is 7.97. The molecule has 1 unspecified atom stereocenters. The maximum atomic E-state index is 11.2. The van der Waals surface area contributed by atoms with Crippen LogP contribution in [0.4, 0.5) is 4.79 Å². The molecular formula is C7H12N2O2S. The second kappa shape index (κ2) is 3.35. The molecule has 68 valence electrons. The Hall–Kier alpha value is -0.710. The summed E-state index contributed by atoms with van der Waals surface area (Å²) in [5, 5.41) is 2.25. The van der Waals surface area contributed by atoms with E-state index in [1.807, 2.05) is 6.92 Å². The fraction of sp³-hybridized carbons (Fsp3) is 0.714. The number of thiol groups is 1. The van der Waals surface area contributed by atoms with E-state index in [0.29, 0.717) is 5.75 Å². The van der Waals surface area contributed by atoms with Crippen LogP contribution in [0.15, 0.2) is 0 Å². The predicted octanol–water partition coefficient (Wildman–Crippen LogP) is 0.245. The molecule has 1 aliphatic heterocycles.